The summed E-state index contributed by atoms with van der Waals surface area (Å²) in [7, 11) is 0. The molecule has 1 aromatic rings. The molecule has 0 radical (unpaired) electrons. The average molecular weight is 226 g/mol. The number of carbonyl (C=O) groups is 1. The van der Waals surface area contributed by atoms with Crippen molar-refractivity contribution < 1.29 is 4.79 Å². The summed E-state index contributed by atoms with van der Waals surface area (Å²) in [4.78, 5) is 13.7. The van der Waals surface area contributed by atoms with Crippen molar-refractivity contribution in [1.29, 1.82) is 5.26 Å². The summed E-state index contributed by atoms with van der Waals surface area (Å²) >= 11 is 0. The smallest absolute Gasteiger partial charge is 0.254 e. The highest BCUT2D eigenvalue weighted by molar-refractivity contribution is 5.94. The van der Waals surface area contributed by atoms with Crippen molar-refractivity contribution in [3.63, 3.8) is 0 Å². The first-order valence-corrected chi connectivity index (χ1v) is 5.45. The van der Waals surface area contributed by atoms with E-state index < -0.39 is 0 Å². The van der Waals surface area contributed by atoms with Crippen LogP contribution in [0.15, 0.2) is 24.3 Å². The lowest BCUT2D eigenvalue weighted by Crippen LogP contribution is -2.32. The molecule has 0 saturated heterocycles. The number of amides is 1. The van der Waals surface area contributed by atoms with E-state index >= 15 is 0 Å². The number of nitrogens with zero attached hydrogens (tertiary/aromatic N) is 2. The summed E-state index contributed by atoms with van der Waals surface area (Å²) in [5.74, 6) is 2.39. The predicted octanol–water partition coefficient (Wildman–Crippen LogP) is 2.04. The molecule has 0 atom stereocenters. The van der Waals surface area contributed by atoms with Crippen LogP contribution in [0.3, 0.4) is 0 Å². The van der Waals surface area contributed by atoms with Crippen LogP contribution in [0.2, 0.25) is 0 Å². The third-order valence-electron chi connectivity index (χ3n) is 2.32. The summed E-state index contributed by atoms with van der Waals surface area (Å²) in [6.07, 6.45) is 6.10. The molecule has 0 N–H and O–H groups in total. The van der Waals surface area contributed by atoms with Gasteiger partial charge in [0.2, 0.25) is 0 Å². The van der Waals surface area contributed by atoms with Crippen LogP contribution in [-0.4, -0.2) is 23.9 Å². The van der Waals surface area contributed by atoms with Crippen LogP contribution in [0, 0.1) is 23.7 Å². The lowest BCUT2D eigenvalue weighted by atomic mass is 10.1. The summed E-state index contributed by atoms with van der Waals surface area (Å²) < 4.78 is 0. The zero-order valence-corrected chi connectivity index (χ0v) is 9.81. The Balaban J connectivity index is 2.86. The quantitative estimate of drug-likeness (QED) is 0.737. The third kappa shape index (κ3) is 3.36. The van der Waals surface area contributed by atoms with E-state index in [2.05, 4.69) is 5.92 Å². The van der Waals surface area contributed by atoms with E-state index in [4.69, 9.17) is 11.7 Å². The van der Waals surface area contributed by atoms with Crippen molar-refractivity contribution >= 4 is 5.91 Å². The fourth-order valence-corrected chi connectivity index (χ4v) is 1.50. The fraction of sp³-hybridized carbons (Fsp3) is 0.286. The maximum absolute atomic E-state index is 12.1. The Hall–Kier alpha value is -2.26. The minimum absolute atomic E-state index is 0.0886. The van der Waals surface area contributed by atoms with Gasteiger partial charge < -0.3 is 4.90 Å². The van der Waals surface area contributed by atoms with E-state index in [-0.39, 0.29) is 5.91 Å². The van der Waals surface area contributed by atoms with Gasteiger partial charge in [0.25, 0.3) is 5.91 Å². The second-order valence-corrected chi connectivity index (χ2v) is 3.62. The van der Waals surface area contributed by atoms with Gasteiger partial charge in [-0.25, -0.2) is 0 Å². The van der Waals surface area contributed by atoms with Gasteiger partial charge in [0.15, 0.2) is 0 Å². The second-order valence-electron chi connectivity index (χ2n) is 3.62. The highest BCUT2D eigenvalue weighted by Gasteiger charge is 2.13. The number of hydrogen-bond acceptors (Lipinski definition) is 2. The van der Waals surface area contributed by atoms with Crippen LogP contribution < -0.4 is 0 Å². The number of carbonyl (C=O) groups excluding carboxylic acids is 1. The van der Waals surface area contributed by atoms with Crippen LogP contribution >= 0.6 is 0 Å². The summed E-state index contributed by atoms with van der Waals surface area (Å²) in [6.45, 7) is 2.95. The first-order chi connectivity index (χ1) is 8.22. The van der Waals surface area contributed by atoms with Gasteiger partial charge in [-0.1, -0.05) is 12.8 Å². The van der Waals surface area contributed by atoms with Gasteiger partial charge in [-0.3, -0.25) is 4.79 Å². The van der Waals surface area contributed by atoms with E-state index in [1.165, 1.54) is 0 Å². The molecule has 0 fully saturated rings. The lowest BCUT2D eigenvalue weighted by molar-refractivity contribution is 0.0777. The van der Waals surface area contributed by atoms with Crippen LogP contribution in [-0.2, 0) is 0 Å². The molecule has 0 aliphatic rings. The minimum atomic E-state index is -0.0886. The Kier molecular flexibility index (Phi) is 4.78. The third-order valence-corrected chi connectivity index (χ3v) is 2.32. The van der Waals surface area contributed by atoms with Crippen molar-refractivity contribution in [3.05, 3.63) is 35.4 Å². The molecule has 0 aromatic heterocycles. The number of terminal acetylenes is 1. The highest BCUT2D eigenvalue weighted by atomic mass is 16.2. The van der Waals surface area contributed by atoms with Gasteiger partial charge in [-0.05, 0) is 30.7 Å². The zero-order valence-electron chi connectivity index (χ0n) is 9.81. The standard InChI is InChI=1S/C14H14N2O/c1-3-9-16(10-4-2)14(17)13-7-5-12(11-15)6-8-13/h1,5-8H,4,9-10H2,2H3. The van der Waals surface area contributed by atoms with E-state index in [0.29, 0.717) is 24.2 Å². The predicted molar refractivity (Wildman–Crippen MR) is 66.2 cm³/mol. The molecule has 3 nitrogen and oxygen atoms in total. The molecule has 0 bridgehead atoms. The molecule has 0 aliphatic carbocycles. The Morgan fingerprint density at radius 3 is 2.53 bits per heavy atom. The molecule has 17 heavy (non-hydrogen) atoms. The molecule has 0 heterocycles. The topological polar surface area (TPSA) is 44.1 Å². The Labute approximate surface area is 102 Å². The van der Waals surface area contributed by atoms with Crippen LogP contribution in [0.25, 0.3) is 0 Å². The minimum Gasteiger partial charge on any atom is -0.328 e. The second kappa shape index (κ2) is 6.35. The summed E-state index contributed by atoms with van der Waals surface area (Å²) in [5.41, 5.74) is 1.10. The maximum Gasteiger partial charge on any atom is 0.254 e. The Morgan fingerprint density at radius 2 is 2.06 bits per heavy atom. The lowest BCUT2D eigenvalue weighted by Gasteiger charge is -2.19. The summed E-state index contributed by atoms with van der Waals surface area (Å²) in [5, 5.41) is 8.67. The fourth-order valence-electron chi connectivity index (χ4n) is 1.50. The maximum atomic E-state index is 12.1. The SMILES string of the molecule is C#CCN(CCC)C(=O)c1ccc(C#N)cc1. The van der Waals surface area contributed by atoms with Gasteiger partial charge in [0, 0.05) is 12.1 Å². The van der Waals surface area contributed by atoms with E-state index in [1.54, 1.807) is 29.2 Å². The molecule has 0 unspecified atom stereocenters. The van der Waals surface area contributed by atoms with Crippen molar-refractivity contribution in [2.75, 3.05) is 13.1 Å². The molecular formula is C14H14N2O. The molecule has 0 spiro atoms. The monoisotopic (exact) mass is 226 g/mol. The number of hydrogen-bond donors (Lipinski definition) is 0. The normalized spacial score (nSPS) is 9.12. The molecular weight excluding hydrogens is 212 g/mol. The molecule has 86 valence electrons. The van der Waals surface area contributed by atoms with Gasteiger partial charge in [0.05, 0.1) is 18.2 Å². The first kappa shape index (κ1) is 12.8. The zero-order chi connectivity index (χ0) is 12.7. The average Bonchev–Trinajstić information content (AvgIpc) is 2.38. The Bertz CT molecular complexity index is 462. The van der Waals surface area contributed by atoms with Gasteiger partial charge in [0.1, 0.15) is 0 Å². The van der Waals surface area contributed by atoms with Gasteiger partial charge in [-0.15, -0.1) is 6.42 Å². The molecule has 1 amide bonds. The van der Waals surface area contributed by atoms with Crippen LogP contribution in [0.4, 0.5) is 0 Å². The van der Waals surface area contributed by atoms with E-state index in [0.717, 1.165) is 6.42 Å². The summed E-state index contributed by atoms with van der Waals surface area (Å²) in [6, 6.07) is 8.59. The molecule has 0 aliphatic heterocycles. The largest absolute Gasteiger partial charge is 0.328 e. The molecule has 1 aromatic carbocycles. The van der Waals surface area contributed by atoms with Crippen LogP contribution in [0.5, 0.6) is 0 Å². The number of rotatable bonds is 4. The Morgan fingerprint density at radius 1 is 1.41 bits per heavy atom. The van der Waals surface area contributed by atoms with Gasteiger partial charge >= 0.3 is 0 Å². The van der Waals surface area contributed by atoms with Crippen molar-refractivity contribution in [2.24, 2.45) is 0 Å². The van der Waals surface area contributed by atoms with Crippen LogP contribution in [0.1, 0.15) is 29.3 Å². The molecule has 1 rings (SSSR count). The van der Waals surface area contributed by atoms with Crippen molar-refractivity contribution in [2.45, 2.75) is 13.3 Å². The van der Waals surface area contributed by atoms with Gasteiger partial charge in [-0.2, -0.15) is 5.26 Å². The molecule has 0 saturated carbocycles. The van der Waals surface area contributed by atoms with E-state index in [1.807, 2.05) is 13.0 Å². The first-order valence-electron chi connectivity index (χ1n) is 5.45. The number of benzene rings is 1. The highest BCUT2D eigenvalue weighted by Crippen LogP contribution is 2.07. The van der Waals surface area contributed by atoms with Crippen molar-refractivity contribution in [1.82, 2.24) is 4.90 Å². The number of nitriles is 1. The van der Waals surface area contributed by atoms with Crippen molar-refractivity contribution in [3.8, 4) is 18.4 Å². The molecule has 3 heteroatoms. The van der Waals surface area contributed by atoms with E-state index in [9.17, 15) is 4.79 Å².